The summed E-state index contributed by atoms with van der Waals surface area (Å²) in [4.78, 5) is 58.5. The fourth-order valence-electron chi connectivity index (χ4n) is 5.35. The van der Waals surface area contributed by atoms with Gasteiger partial charge >= 0.3 is 24.1 Å². The second-order valence-electron chi connectivity index (χ2n) is 13.7. The number of ether oxygens (including phenoxy) is 3. The summed E-state index contributed by atoms with van der Waals surface area (Å²) in [5, 5.41) is 10.8. The Hall–Kier alpha value is -8.26. The minimum absolute atomic E-state index is 0.0375. The van der Waals surface area contributed by atoms with E-state index in [0.29, 0.717) is 73.1 Å². The molecule has 79 heavy (non-hydrogen) atoms. The average molecular weight is 1240 g/mol. The molecule has 0 aliphatic rings. The zero-order valence-electron chi connectivity index (χ0n) is 41.0. The Morgan fingerprint density at radius 1 is 0.620 bits per heavy atom. The summed E-state index contributed by atoms with van der Waals surface area (Å²) in [6.45, 7) is 2.21. The number of rotatable bonds is 12. The van der Waals surface area contributed by atoms with Gasteiger partial charge in [-0.3, -0.25) is 15.0 Å². The minimum Gasteiger partial charge on any atom is -0.491 e. The zero-order valence-corrected chi connectivity index (χ0v) is 46.2. The van der Waals surface area contributed by atoms with E-state index in [1.54, 1.807) is 79.7 Å². The van der Waals surface area contributed by atoms with Gasteiger partial charge < -0.3 is 39.2 Å². The van der Waals surface area contributed by atoms with Crippen molar-refractivity contribution in [1.29, 1.82) is 0 Å². The lowest BCUT2D eigenvalue weighted by molar-refractivity contribution is -0.160. The lowest BCUT2D eigenvalue weighted by atomic mass is 10.3. The van der Waals surface area contributed by atoms with Gasteiger partial charge in [-0.2, -0.15) is 36.3 Å². The van der Waals surface area contributed by atoms with E-state index < -0.39 is 24.1 Å². The number of aromatic nitrogens is 16. The van der Waals surface area contributed by atoms with Crippen LogP contribution in [0.1, 0.15) is 21.5 Å². The number of nitrogens with one attached hydrogen (secondary N) is 1. The highest BCUT2D eigenvalue weighted by atomic mass is 79.9. The lowest BCUT2D eigenvalue weighted by Crippen LogP contribution is -2.19. The maximum atomic E-state index is 12.7. The van der Waals surface area contributed by atoms with Crippen LogP contribution in [0.15, 0.2) is 127 Å². The Morgan fingerprint density at radius 3 is 1.59 bits per heavy atom. The van der Waals surface area contributed by atoms with Gasteiger partial charge in [0.05, 0.1) is 74.8 Å². The van der Waals surface area contributed by atoms with Crippen molar-refractivity contribution >= 4 is 88.5 Å². The molecule has 35 heteroatoms. The molecule has 1 unspecified atom stereocenters. The highest BCUT2D eigenvalue weighted by Gasteiger charge is 2.39. The molecule has 10 rings (SSSR count). The van der Waals surface area contributed by atoms with E-state index in [4.69, 9.17) is 31.5 Å². The van der Waals surface area contributed by atoms with Crippen molar-refractivity contribution in [3.63, 3.8) is 0 Å². The number of nitrogens with zero attached hydrogens (tertiary/aromatic N) is 17. The number of nitrogens with two attached hydrogens (primary N) is 1. The molecule has 0 aliphatic heterocycles. The first kappa shape index (κ1) is 61.6. The van der Waals surface area contributed by atoms with Crippen LogP contribution in [0.3, 0.4) is 0 Å². The SMILES string of the molecule is COc1cncnc1N.COc1cncnc1N(Cc1ccc(-c2noc(C(F)(F)F)n2)s1)c1cnccn1.COc1cncnc1Nc1cnccn1.CP.Clc1cnccn1.FC(F)(F)c1nc(-c2ccc(CBr)s2)no1. The smallest absolute Gasteiger partial charge is 0.471 e. The Balaban J connectivity index is 0.000000198. The van der Waals surface area contributed by atoms with Crippen LogP contribution in [0, 0.1) is 0 Å². The molecule has 0 radical (unpaired) electrons. The number of nitrogen functional groups attached to an aromatic ring is 1. The van der Waals surface area contributed by atoms with Crippen molar-refractivity contribution in [3.05, 3.63) is 144 Å². The lowest BCUT2D eigenvalue weighted by Gasteiger charge is -2.23. The number of halogens is 8. The molecule has 10 heterocycles. The van der Waals surface area contributed by atoms with Crippen molar-refractivity contribution in [3.8, 4) is 38.7 Å². The average Bonchev–Trinajstić information content (AvgIpc) is 4.33. The van der Waals surface area contributed by atoms with Gasteiger partial charge in [-0.05, 0) is 24.3 Å². The van der Waals surface area contributed by atoms with Crippen LogP contribution in [0.25, 0.3) is 21.4 Å². The van der Waals surface area contributed by atoms with Gasteiger partial charge in [-0.1, -0.05) is 44.5 Å². The van der Waals surface area contributed by atoms with Crippen LogP contribution in [-0.4, -0.2) is 108 Å². The van der Waals surface area contributed by atoms with Crippen LogP contribution < -0.4 is 30.2 Å². The fraction of sp³-hybridized carbons (Fsp3) is 0.182. The molecule has 10 aromatic heterocycles. The first-order valence-electron chi connectivity index (χ1n) is 21.5. The highest BCUT2D eigenvalue weighted by Crippen LogP contribution is 2.36. The van der Waals surface area contributed by atoms with E-state index in [9.17, 15) is 26.3 Å². The number of hydrogen-bond donors (Lipinski definition) is 2. The molecule has 0 spiro atoms. The van der Waals surface area contributed by atoms with Gasteiger partial charge in [0.1, 0.15) is 30.0 Å². The Morgan fingerprint density at radius 2 is 1.14 bits per heavy atom. The maximum absolute atomic E-state index is 12.7. The third kappa shape index (κ3) is 19.3. The number of alkyl halides is 7. The van der Waals surface area contributed by atoms with E-state index in [1.807, 2.05) is 6.66 Å². The van der Waals surface area contributed by atoms with Crippen molar-refractivity contribution in [2.75, 3.05) is 43.9 Å². The number of methoxy groups -OCH3 is 3. The van der Waals surface area contributed by atoms with Crippen LogP contribution in [-0.2, 0) is 24.2 Å². The molecule has 0 aromatic carbocycles. The second-order valence-corrected chi connectivity index (χ2v) is 17.0. The molecule has 0 fully saturated rings. The van der Waals surface area contributed by atoms with Crippen molar-refractivity contribution < 1.29 is 49.6 Å². The van der Waals surface area contributed by atoms with E-state index in [2.05, 4.69) is 120 Å². The van der Waals surface area contributed by atoms with E-state index in [1.165, 1.54) is 86.9 Å². The van der Waals surface area contributed by atoms with Gasteiger partial charge in [0.25, 0.3) is 0 Å². The largest absolute Gasteiger partial charge is 0.491 e. The first-order chi connectivity index (χ1) is 38.1. The quantitative estimate of drug-likeness (QED) is 0.0652. The second kappa shape index (κ2) is 31.2. The highest BCUT2D eigenvalue weighted by molar-refractivity contribution is 9.08. The molecule has 3 N–H and O–H groups in total. The summed E-state index contributed by atoms with van der Waals surface area (Å²) in [5.41, 5.74) is 5.35. The predicted molar refractivity (Wildman–Crippen MR) is 284 cm³/mol. The van der Waals surface area contributed by atoms with Crippen molar-refractivity contribution in [2.45, 2.75) is 24.2 Å². The molecule has 0 bridgehead atoms. The molecule has 414 valence electrons. The van der Waals surface area contributed by atoms with E-state index in [0.717, 1.165) is 9.75 Å². The summed E-state index contributed by atoms with van der Waals surface area (Å²) in [6, 6.07) is 6.82. The van der Waals surface area contributed by atoms with Gasteiger partial charge in [0.15, 0.2) is 40.5 Å². The number of thiophene rings is 2. The summed E-state index contributed by atoms with van der Waals surface area (Å²) in [6.07, 6.45) is 13.5. The number of anilines is 5. The van der Waals surface area contributed by atoms with Crippen molar-refractivity contribution in [2.24, 2.45) is 0 Å². The monoisotopic (exact) mass is 1240 g/mol. The van der Waals surface area contributed by atoms with Gasteiger partial charge in [-0.15, -0.1) is 31.9 Å². The van der Waals surface area contributed by atoms with Crippen LogP contribution in [0.5, 0.6) is 17.2 Å². The molecular formula is C44H40BrClF6N19O5PS2. The number of hydrogen-bond acceptors (Lipinski definition) is 26. The van der Waals surface area contributed by atoms with E-state index in [-0.39, 0.29) is 11.6 Å². The zero-order chi connectivity index (χ0) is 57.2. The maximum Gasteiger partial charge on any atom is 0.471 e. The molecule has 0 saturated heterocycles. The Labute approximate surface area is 467 Å². The molecule has 0 aliphatic carbocycles. The third-order valence-electron chi connectivity index (χ3n) is 8.67. The molecule has 0 saturated carbocycles. The molecule has 10 aromatic rings. The summed E-state index contributed by atoms with van der Waals surface area (Å²) < 4.78 is 98.3. The van der Waals surface area contributed by atoms with Crippen LogP contribution in [0.4, 0.5) is 55.4 Å². The summed E-state index contributed by atoms with van der Waals surface area (Å²) in [7, 11) is 6.99. The van der Waals surface area contributed by atoms with Crippen molar-refractivity contribution in [1.82, 2.24) is 80.1 Å². The molecule has 1 atom stereocenters. The normalized spacial score (nSPS) is 10.5. The molecule has 24 nitrogen and oxygen atoms in total. The van der Waals surface area contributed by atoms with Crippen LogP contribution in [0.2, 0.25) is 5.15 Å². The third-order valence-corrected chi connectivity index (χ3v) is 12.0. The van der Waals surface area contributed by atoms with E-state index >= 15 is 0 Å². The predicted octanol–water partition coefficient (Wildman–Crippen LogP) is 10.2. The van der Waals surface area contributed by atoms with Gasteiger partial charge in [0, 0.05) is 52.3 Å². The first-order valence-corrected chi connectivity index (χ1v) is 25.8. The molecular weight excluding hydrogens is 1200 g/mol. The standard InChI is InChI=1S/C17H12F3N7O2S.C9H9N5O.C8H4BrF3N2OS.C5H7N3O.C4H3ClN2.CH5P/c1-28-11-6-22-9-24-15(11)27(13-7-21-4-5-23-13)8-10-2-3-12(30-10)14-25-16(29-26-14)17(18,19)20;1-15-7-4-11-6-13-9(7)14-8-5-10-2-3-12-8;9-3-4-1-2-5(16-4)6-13-7(15-14-6)8(10,11)12;1-9-4-2-7-3-8-5(4)6;5-4-3-6-1-2-7-4;1-2/h2-7,9H,8H2,1H3;2-6H,1H3,(H,11,12,13,14);1-2H,3H2;2-3H,1H3,(H2,6,7,8);1-3H;2H2,1H3. The van der Waals surface area contributed by atoms with Gasteiger partial charge in [-0.25, -0.2) is 44.9 Å². The Bertz CT molecular complexity index is 3340. The minimum atomic E-state index is -4.70. The molecule has 0 amide bonds. The summed E-state index contributed by atoms with van der Waals surface area (Å²) in [5.74, 6) is 1.11. The topological polar surface area (TPSA) is 301 Å². The van der Waals surface area contributed by atoms with Gasteiger partial charge in [0.2, 0.25) is 11.6 Å². The fourth-order valence-corrected chi connectivity index (χ4v) is 7.70. The summed E-state index contributed by atoms with van der Waals surface area (Å²) >= 11 is 11.1. The van der Waals surface area contributed by atoms with Crippen LogP contribution >= 0.6 is 59.4 Å². The Kier molecular flexibility index (Phi) is 24.3.